The number of aryl methyl sites for hydroxylation is 3. The third kappa shape index (κ3) is 5.02. The highest BCUT2D eigenvalue weighted by Crippen LogP contribution is 2.56. The predicted octanol–water partition coefficient (Wildman–Crippen LogP) is 10.0. The zero-order valence-electron chi connectivity index (χ0n) is 22.4. The van der Waals surface area contributed by atoms with Crippen LogP contribution in [-0.2, 0) is 0 Å². The lowest BCUT2D eigenvalue weighted by Gasteiger charge is -2.40. The fraction of sp³-hybridized carbons (Fsp3) is 0.471. The minimum atomic E-state index is -0.139. The van der Waals surface area contributed by atoms with E-state index in [0.29, 0.717) is 0 Å². The summed E-state index contributed by atoms with van der Waals surface area (Å²) >= 11 is 0. The molecule has 3 aromatic rings. The highest BCUT2D eigenvalue weighted by Gasteiger charge is 2.34. The Labute approximate surface area is 215 Å². The average Bonchev–Trinajstić information content (AvgIpc) is 2.87. The van der Waals surface area contributed by atoms with E-state index in [0.717, 1.165) is 11.3 Å². The van der Waals surface area contributed by atoms with E-state index >= 15 is 0 Å². The Morgan fingerprint density at radius 2 is 1.03 bits per heavy atom. The monoisotopic (exact) mass is 482 g/mol. The summed E-state index contributed by atoms with van der Waals surface area (Å²) < 4.78 is 0. The van der Waals surface area contributed by atoms with Crippen molar-refractivity contribution in [2.24, 2.45) is 0 Å². The minimum absolute atomic E-state index is 0.139. The number of rotatable bonds is 5. The Hall–Kier alpha value is -1.91. The maximum absolute atomic E-state index is 2.54. The second-order valence-electron chi connectivity index (χ2n) is 11.2. The molecule has 184 valence electrons. The van der Waals surface area contributed by atoms with Gasteiger partial charge in [0.25, 0.3) is 0 Å². The fourth-order valence-electron chi connectivity index (χ4n) is 7.19. The molecule has 2 fully saturated rings. The lowest BCUT2D eigenvalue weighted by Crippen LogP contribution is -2.27. The molecule has 0 unspecified atom stereocenters. The molecule has 0 spiro atoms. The third-order valence-electron chi connectivity index (χ3n) is 8.77. The number of benzene rings is 3. The Morgan fingerprint density at radius 1 is 0.543 bits per heavy atom. The van der Waals surface area contributed by atoms with Crippen molar-refractivity contribution in [1.82, 2.24) is 0 Å². The number of hydrogen-bond acceptors (Lipinski definition) is 0. The van der Waals surface area contributed by atoms with Crippen LogP contribution in [0.2, 0.25) is 0 Å². The summed E-state index contributed by atoms with van der Waals surface area (Å²) in [4.78, 5) is 0. The Morgan fingerprint density at radius 3 is 1.60 bits per heavy atom. The maximum Gasteiger partial charge on any atom is -0.0101 e. The van der Waals surface area contributed by atoms with Crippen LogP contribution in [-0.4, -0.2) is 11.3 Å². The molecule has 0 heterocycles. The summed E-state index contributed by atoms with van der Waals surface area (Å²) in [5.41, 5.74) is 13.4. The van der Waals surface area contributed by atoms with Crippen LogP contribution in [0.25, 0.3) is 22.3 Å². The minimum Gasteiger partial charge on any atom is -0.0683 e. The molecule has 2 aliphatic carbocycles. The zero-order valence-corrected chi connectivity index (χ0v) is 23.3. The van der Waals surface area contributed by atoms with E-state index in [-0.39, 0.29) is 7.92 Å². The van der Waals surface area contributed by atoms with E-state index < -0.39 is 0 Å². The van der Waals surface area contributed by atoms with Crippen LogP contribution in [0.3, 0.4) is 0 Å². The fourth-order valence-corrected chi connectivity index (χ4v) is 11.1. The van der Waals surface area contributed by atoms with Crippen molar-refractivity contribution in [3.63, 3.8) is 0 Å². The smallest absolute Gasteiger partial charge is 0.0101 e. The van der Waals surface area contributed by atoms with Gasteiger partial charge < -0.3 is 0 Å². The van der Waals surface area contributed by atoms with Gasteiger partial charge >= 0.3 is 0 Å². The van der Waals surface area contributed by atoms with Crippen LogP contribution in [0.15, 0.2) is 54.6 Å². The molecule has 0 nitrogen and oxygen atoms in total. The van der Waals surface area contributed by atoms with Gasteiger partial charge in [-0.05, 0) is 115 Å². The van der Waals surface area contributed by atoms with E-state index in [1.807, 2.05) is 0 Å². The van der Waals surface area contributed by atoms with Crippen LogP contribution < -0.4 is 5.30 Å². The molecule has 0 radical (unpaired) electrons. The van der Waals surface area contributed by atoms with Crippen molar-refractivity contribution >= 4 is 13.2 Å². The SMILES string of the molecule is Cc1ccccc1-c1c(C)cc(C)c(-c2ccccc2P(C2CCCCC2)C2CCCCC2)c1C. The van der Waals surface area contributed by atoms with Crippen molar-refractivity contribution in [3.05, 3.63) is 76.9 Å². The van der Waals surface area contributed by atoms with Crippen LogP contribution in [0.5, 0.6) is 0 Å². The molecular formula is C34H43P. The van der Waals surface area contributed by atoms with Gasteiger partial charge in [0.1, 0.15) is 0 Å². The first-order valence-corrected chi connectivity index (χ1v) is 15.6. The van der Waals surface area contributed by atoms with Gasteiger partial charge in [-0.3, -0.25) is 0 Å². The van der Waals surface area contributed by atoms with Crippen LogP contribution in [0.4, 0.5) is 0 Å². The largest absolute Gasteiger partial charge is 0.0683 e. The van der Waals surface area contributed by atoms with E-state index in [2.05, 4.69) is 82.3 Å². The van der Waals surface area contributed by atoms with Crippen molar-refractivity contribution in [2.75, 3.05) is 0 Å². The van der Waals surface area contributed by atoms with E-state index in [9.17, 15) is 0 Å². The van der Waals surface area contributed by atoms with Gasteiger partial charge in [-0.2, -0.15) is 0 Å². The second kappa shape index (κ2) is 11.0. The highest BCUT2D eigenvalue weighted by molar-refractivity contribution is 7.67. The molecule has 3 aromatic carbocycles. The predicted molar refractivity (Wildman–Crippen MR) is 157 cm³/mol. The Kier molecular flexibility index (Phi) is 7.79. The molecule has 1 heteroatoms. The van der Waals surface area contributed by atoms with Gasteiger partial charge in [0, 0.05) is 0 Å². The molecule has 0 aliphatic heterocycles. The van der Waals surface area contributed by atoms with Gasteiger partial charge in [0.15, 0.2) is 0 Å². The summed E-state index contributed by atoms with van der Waals surface area (Å²) in [5.74, 6) is 0. The first-order valence-electron chi connectivity index (χ1n) is 14.1. The first kappa shape index (κ1) is 24.8. The van der Waals surface area contributed by atoms with E-state index in [1.54, 1.807) is 10.9 Å². The van der Waals surface area contributed by atoms with E-state index in [1.165, 1.54) is 103 Å². The molecule has 0 amide bonds. The summed E-state index contributed by atoms with van der Waals surface area (Å²) in [6.07, 6.45) is 14.5. The highest BCUT2D eigenvalue weighted by atomic mass is 31.1. The zero-order chi connectivity index (χ0) is 24.4. The molecule has 2 aliphatic rings. The molecule has 0 bridgehead atoms. The van der Waals surface area contributed by atoms with Gasteiger partial charge in [-0.15, -0.1) is 0 Å². The molecular weight excluding hydrogens is 439 g/mol. The first-order chi connectivity index (χ1) is 17.1. The number of hydrogen-bond donors (Lipinski definition) is 0. The Balaban J connectivity index is 1.68. The molecule has 5 rings (SSSR count). The third-order valence-corrected chi connectivity index (χ3v) is 12.3. The molecule has 2 saturated carbocycles. The van der Waals surface area contributed by atoms with Crippen molar-refractivity contribution in [1.29, 1.82) is 0 Å². The van der Waals surface area contributed by atoms with Crippen molar-refractivity contribution in [3.8, 4) is 22.3 Å². The Bertz CT molecular complexity index is 1140. The topological polar surface area (TPSA) is 0 Å². The van der Waals surface area contributed by atoms with Crippen LogP contribution >= 0.6 is 7.92 Å². The van der Waals surface area contributed by atoms with E-state index in [4.69, 9.17) is 0 Å². The normalized spacial score (nSPS) is 17.7. The van der Waals surface area contributed by atoms with Gasteiger partial charge in [0.05, 0.1) is 0 Å². The summed E-state index contributed by atoms with van der Waals surface area (Å²) in [6.45, 7) is 9.29. The maximum atomic E-state index is 2.54. The molecule has 35 heavy (non-hydrogen) atoms. The lowest BCUT2D eigenvalue weighted by atomic mass is 9.85. The van der Waals surface area contributed by atoms with Gasteiger partial charge in [-0.1, -0.05) is 101 Å². The average molecular weight is 483 g/mol. The van der Waals surface area contributed by atoms with Crippen LogP contribution in [0, 0.1) is 27.7 Å². The summed E-state index contributed by atoms with van der Waals surface area (Å²) in [6, 6.07) is 21.0. The summed E-state index contributed by atoms with van der Waals surface area (Å²) in [7, 11) is -0.139. The second-order valence-corrected chi connectivity index (χ2v) is 14.0. The van der Waals surface area contributed by atoms with Gasteiger partial charge in [-0.25, -0.2) is 0 Å². The molecule has 0 aromatic heterocycles. The lowest BCUT2D eigenvalue weighted by molar-refractivity contribution is 0.487. The quantitative estimate of drug-likeness (QED) is 0.317. The molecule has 0 N–H and O–H groups in total. The van der Waals surface area contributed by atoms with Crippen molar-refractivity contribution < 1.29 is 0 Å². The summed E-state index contributed by atoms with van der Waals surface area (Å²) in [5, 5.41) is 1.71. The standard InChI is InChI=1S/C34H43P/c1-24-15-11-12-20-30(24)33-25(2)23-26(3)34(27(33)4)31-21-13-14-22-32(31)35(28-16-7-5-8-17-28)29-18-9-6-10-19-29/h11-15,20-23,28-29H,5-10,16-19H2,1-4H3. The van der Waals surface area contributed by atoms with Crippen LogP contribution in [0.1, 0.15) is 86.5 Å². The molecule has 0 saturated heterocycles. The van der Waals surface area contributed by atoms with Gasteiger partial charge in [0.2, 0.25) is 0 Å². The molecule has 0 atom stereocenters. The van der Waals surface area contributed by atoms with Crippen molar-refractivity contribution in [2.45, 2.75) is 103 Å².